The molecule has 2 unspecified atom stereocenters. The number of carboxylic acids is 1. The van der Waals surface area contributed by atoms with Crippen molar-refractivity contribution in [3.63, 3.8) is 0 Å². The number of carbonyl (C=O) groups excluding carboxylic acids is 1. The molecule has 47 heavy (non-hydrogen) atoms. The first-order valence-corrected chi connectivity index (χ1v) is 16.5. The molecule has 2 aliphatic heterocycles. The second-order valence-electron chi connectivity index (χ2n) is 12.4. The predicted molar refractivity (Wildman–Crippen MR) is 152 cm³/mol. The monoisotopic (exact) mass is 696 g/mol. The summed E-state index contributed by atoms with van der Waals surface area (Å²) in [5.41, 5.74) is -8.09. The quantitative estimate of drug-likeness (QED) is 0.262. The molecule has 5 rings (SSSR count). The second-order valence-corrected chi connectivity index (χ2v) is 14.6. The van der Waals surface area contributed by atoms with Crippen molar-refractivity contribution >= 4 is 27.4 Å². The number of aliphatic carboxylic acids is 1. The molecule has 2 atom stereocenters. The third kappa shape index (κ3) is 5.43. The number of anilines is 1. The summed E-state index contributed by atoms with van der Waals surface area (Å²) in [4.78, 5) is 27.8. The lowest BCUT2D eigenvalue weighted by Gasteiger charge is -2.48. The van der Waals surface area contributed by atoms with Gasteiger partial charge in [0.1, 0.15) is 10.6 Å². The van der Waals surface area contributed by atoms with Crippen LogP contribution in [0.15, 0.2) is 47.4 Å². The number of benzene rings is 2. The molecular weight excluding hydrogens is 664 g/mol. The average Bonchev–Trinajstić information content (AvgIpc) is 3.40. The lowest BCUT2D eigenvalue weighted by atomic mass is 9.80. The maximum atomic E-state index is 15.3. The Balaban J connectivity index is 1.70. The van der Waals surface area contributed by atoms with Crippen LogP contribution in [-0.4, -0.2) is 68.3 Å². The van der Waals surface area contributed by atoms with Crippen molar-refractivity contribution < 1.29 is 58.2 Å². The highest BCUT2D eigenvalue weighted by atomic mass is 32.2. The molecule has 2 aromatic rings. The third-order valence-electron chi connectivity index (χ3n) is 9.81. The molecule has 16 heteroatoms. The number of hydrogen-bond donors (Lipinski definition) is 1. The molecule has 0 radical (unpaired) electrons. The van der Waals surface area contributed by atoms with Crippen LogP contribution in [0.1, 0.15) is 56.6 Å². The first kappa shape index (κ1) is 34.9. The van der Waals surface area contributed by atoms with Gasteiger partial charge in [-0.3, -0.25) is 9.59 Å². The second kappa shape index (κ2) is 11.9. The van der Waals surface area contributed by atoms with Crippen LogP contribution in [-0.2, 0) is 29.8 Å². The largest absolute Gasteiger partial charge is 0.481 e. The number of likely N-dealkylation sites (tertiary alicyclic amines) is 1. The molecule has 0 bridgehead atoms. The molecule has 258 valence electrons. The van der Waals surface area contributed by atoms with Crippen molar-refractivity contribution in [2.24, 2.45) is 11.8 Å². The number of carboxylic acid groups (broad SMARTS) is 1. The molecule has 2 aromatic carbocycles. The number of halogens is 8. The van der Waals surface area contributed by atoms with Crippen molar-refractivity contribution in [1.29, 1.82) is 0 Å². The standard InChI is InChI=1S/C31H32F8N2O5S/c1-2-14-40-17-25-28(47(45,46)22-10-8-21(32)9-11-22,13-15-41(25)26(42)18-3-5-19(6-4-18)27(43)44)23-12-7-20(16-24(23)40)29(33,30(34,35)36)31(37,38)39/h7-12,16,18-19,25H,2-6,13-15,17H2,1H3,(H,43,44). The van der Waals surface area contributed by atoms with Crippen molar-refractivity contribution in [1.82, 2.24) is 4.90 Å². The van der Waals surface area contributed by atoms with E-state index in [0.717, 1.165) is 30.3 Å². The molecule has 2 fully saturated rings. The molecule has 3 aliphatic rings. The number of rotatable bonds is 7. The minimum atomic E-state index is -6.40. The number of hydrogen-bond acceptors (Lipinski definition) is 5. The Bertz CT molecular complexity index is 1620. The highest BCUT2D eigenvalue weighted by Gasteiger charge is 2.74. The number of fused-ring (bicyclic) bond motifs is 3. The summed E-state index contributed by atoms with van der Waals surface area (Å²) in [6.45, 7) is 1.22. The van der Waals surface area contributed by atoms with Crippen molar-refractivity contribution in [3.8, 4) is 0 Å². The maximum absolute atomic E-state index is 15.3. The topological polar surface area (TPSA) is 95.0 Å². The number of amides is 1. The minimum absolute atomic E-state index is 0.0166. The number of sulfone groups is 1. The molecule has 0 aromatic heterocycles. The van der Waals surface area contributed by atoms with Gasteiger partial charge >= 0.3 is 24.0 Å². The van der Waals surface area contributed by atoms with Gasteiger partial charge in [-0.2, -0.15) is 26.3 Å². The first-order chi connectivity index (χ1) is 21.8. The first-order valence-electron chi connectivity index (χ1n) is 15.1. The number of alkyl halides is 7. The zero-order valence-corrected chi connectivity index (χ0v) is 25.9. The van der Waals surface area contributed by atoms with Gasteiger partial charge in [0.25, 0.3) is 0 Å². The molecule has 1 N–H and O–H groups in total. The van der Waals surface area contributed by atoms with Crippen molar-refractivity contribution in [3.05, 3.63) is 59.4 Å². The summed E-state index contributed by atoms with van der Waals surface area (Å²) in [6.07, 6.45) is -11.9. The Labute approximate surface area is 265 Å². The van der Waals surface area contributed by atoms with Crippen LogP contribution in [0.4, 0.5) is 40.8 Å². The van der Waals surface area contributed by atoms with Gasteiger partial charge in [-0.25, -0.2) is 17.2 Å². The predicted octanol–water partition coefficient (Wildman–Crippen LogP) is 6.51. The van der Waals surface area contributed by atoms with Gasteiger partial charge in [0.15, 0.2) is 9.84 Å². The van der Waals surface area contributed by atoms with Gasteiger partial charge in [0.2, 0.25) is 5.91 Å². The van der Waals surface area contributed by atoms with E-state index >= 15 is 4.39 Å². The summed E-state index contributed by atoms with van der Waals surface area (Å²) >= 11 is 0. The molecule has 7 nitrogen and oxygen atoms in total. The van der Waals surface area contributed by atoms with Gasteiger partial charge in [0.05, 0.1) is 16.9 Å². The molecule has 1 saturated heterocycles. The lowest BCUT2D eigenvalue weighted by molar-refractivity contribution is -0.348. The van der Waals surface area contributed by atoms with Crippen LogP contribution in [0.5, 0.6) is 0 Å². The van der Waals surface area contributed by atoms with E-state index in [2.05, 4.69) is 0 Å². The molecule has 0 spiro atoms. The zero-order chi connectivity index (χ0) is 34.7. The molecule has 1 saturated carbocycles. The fraction of sp³-hybridized carbons (Fsp3) is 0.548. The van der Waals surface area contributed by atoms with E-state index in [1.54, 1.807) is 6.92 Å². The summed E-state index contributed by atoms with van der Waals surface area (Å²) in [5, 5.41) is 9.37. The van der Waals surface area contributed by atoms with Gasteiger partial charge in [0, 0.05) is 36.8 Å². The van der Waals surface area contributed by atoms with E-state index in [1.165, 1.54) is 9.80 Å². The van der Waals surface area contributed by atoms with Gasteiger partial charge < -0.3 is 14.9 Å². The highest BCUT2D eigenvalue weighted by Crippen LogP contribution is 2.58. The van der Waals surface area contributed by atoms with Crippen LogP contribution >= 0.6 is 0 Å². The summed E-state index contributed by atoms with van der Waals surface area (Å²) in [6, 6.07) is 4.00. The number of carbonyl (C=O) groups is 2. The van der Waals surface area contributed by atoms with Gasteiger partial charge in [-0.05, 0) is 74.4 Å². The molecule has 1 aliphatic carbocycles. The normalized spacial score (nSPS) is 25.3. The smallest absolute Gasteiger partial charge is 0.435 e. The maximum Gasteiger partial charge on any atom is 0.435 e. The van der Waals surface area contributed by atoms with Crippen LogP contribution in [0.25, 0.3) is 0 Å². The Morgan fingerprint density at radius 3 is 2.02 bits per heavy atom. The van der Waals surface area contributed by atoms with E-state index in [1.807, 2.05) is 0 Å². The Kier molecular flexibility index (Phi) is 8.85. The van der Waals surface area contributed by atoms with Crippen LogP contribution < -0.4 is 4.90 Å². The Morgan fingerprint density at radius 1 is 0.915 bits per heavy atom. The summed E-state index contributed by atoms with van der Waals surface area (Å²) < 4.78 is 139. The molecule has 2 heterocycles. The fourth-order valence-electron chi connectivity index (χ4n) is 7.43. The average molecular weight is 697 g/mol. The molecular formula is C31H32F8N2O5S. The Hall–Kier alpha value is -3.43. The van der Waals surface area contributed by atoms with E-state index in [0.29, 0.717) is 12.5 Å². The fourth-order valence-corrected chi connectivity index (χ4v) is 9.73. The summed E-state index contributed by atoms with van der Waals surface area (Å²) in [7, 11) is -4.65. The van der Waals surface area contributed by atoms with Gasteiger partial charge in [-0.1, -0.05) is 19.1 Å². The van der Waals surface area contributed by atoms with E-state index < -0.39 is 73.7 Å². The van der Waals surface area contributed by atoms with Gasteiger partial charge in [-0.15, -0.1) is 0 Å². The molecule has 1 amide bonds. The summed E-state index contributed by atoms with van der Waals surface area (Å²) in [5.74, 6) is -3.47. The van der Waals surface area contributed by atoms with Crippen molar-refractivity contribution in [2.75, 3.05) is 24.5 Å². The third-order valence-corrected chi connectivity index (χ3v) is 12.4. The van der Waals surface area contributed by atoms with Crippen LogP contribution in [0.2, 0.25) is 0 Å². The number of nitrogens with zero attached hydrogens (tertiary/aromatic N) is 2. The van der Waals surface area contributed by atoms with Crippen LogP contribution in [0, 0.1) is 17.7 Å². The van der Waals surface area contributed by atoms with Crippen molar-refractivity contribution in [2.45, 2.75) is 79.2 Å². The SMILES string of the molecule is CCCN1CC2N(C(=O)C3CCC(C(=O)O)CC3)CCC2(S(=O)(=O)c2ccc(F)cc2)c2ccc(C(F)(C(F)(F)F)C(F)(F)F)cc21. The Morgan fingerprint density at radius 2 is 1.49 bits per heavy atom. The van der Waals surface area contributed by atoms with E-state index in [4.69, 9.17) is 0 Å². The van der Waals surface area contributed by atoms with Crippen LogP contribution in [0.3, 0.4) is 0 Å². The van der Waals surface area contributed by atoms with E-state index in [9.17, 15) is 53.8 Å². The lowest BCUT2D eigenvalue weighted by Crippen LogP contribution is -2.59. The van der Waals surface area contributed by atoms with E-state index in [-0.39, 0.29) is 74.0 Å². The highest BCUT2D eigenvalue weighted by molar-refractivity contribution is 7.92. The zero-order valence-electron chi connectivity index (χ0n) is 25.0. The minimum Gasteiger partial charge on any atom is -0.481 e.